The Bertz CT molecular complexity index is 1710. The standard InChI is InChI=1S/C30H28N4O7/c35-18-12-10-17(11-13-18)15-23(29(39)31-16-25(36)34-14-4-9-24(34)30(40)41)33-28(38)21-7-3-6-20-26(21)32-22-8-2-1-5-19(22)27(20)37/h1-3,5-8,10-13,23-24,35H,4,9,14-16H2,(H,31,39)(H,32,37)(H,33,38)(H,40,41)/t23-,24-/m0/s1. The van der Waals surface area contributed by atoms with Crippen molar-refractivity contribution in [2.24, 2.45) is 0 Å². The fourth-order valence-electron chi connectivity index (χ4n) is 5.16. The molecule has 1 aromatic heterocycles. The summed E-state index contributed by atoms with van der Waals surface area (Å²) in [6.45, 7) is -0.147. The van der Waals surface area contributed by atoms with Gasteiger partial charge in [-0.05, 0) is 54.8 Å². The summed E-state index contributed by atoms with van der Waals surface area (Å²) in [6, 6.07) is 15.8. The molecule has 210 valence electrons. The Morgan fingerprint density at radius 1 is 0.976 bits per heavy atom. The number of carboxylic acids is 1. The third-order valence-corrected chi connectivity index (χ3v) is 7.26. The Morgan fingerprint density at radius 2 is 1.71 bits per heavy atom. The van der Waals surface area contributed by atoms with Crippen molar-refractivity contribution >= 4 is 45.5 Å². The lowest BCUT2D eigenvalue weighted by atomic mass is 10.0. The second-order valence-electron chi connectivity index (χ2n) is 9.93. The number of rotatable bonds is 8. The SMILES string of the molecule is O=C(N[C@@H](Cc1ccc(O)cc1)C(=O)NCC(=O)N1CCC[C@H]1C(=O)O)c1cccc2c(=O)c3ccccc3[nH]c12. The summed E-state index contributed by atoms with van der Waals surface area (Å²) in [6.07, 6.45) is 0.938. The molecule has 0 unspecified atom stereocenters. The van der Waals surface area contributed by atoms with Gasteiger partial charge in [-0.3, -0.25) is 19.2 Å². The molecule has 0 saturated carbocycles. The lowest BCUT2D eigenvalue weighted by Gasteiger charge is -2.23. The van der Waals surface area contributed by atoms with Crippen LogP contribution in [0.25, 0.3) is 21.8 Å². The van der Waals surface area contributed by atoms with E-state index in [-0.39, 0.29) is 29.7 Å². The van der Waals surface area contributed by atoms with Crippen LogP contribution in [-0.4, -0.2) is 69.0 Å². The van der Waals surface area contributed by atoms with Crippen LogP contribution < -0.4 is 16.1 Å². The van der Waals surface area contributed by atoms with Crippen LogP contribution in [0.5, 0.6) is 5.75 Å². The quantitative estimate of drug-likeness (QED) is 0.207. The highest BCUT2D eigenvalue weighted by atomic mass is 16.4. The number of carboxylic acid groups (broad SMARTS) is 1. The third kappa shape index (κ3) is 5.74. The number of hydrogen-bond acceptors (Lipinski definition) is 6. The number of fused-ring (bicyclic) bond motifs is 2. The van der Waals surface area contributed by atoms with Crippen LogP contribution in [0.4, 0.5) is 0 Å². The highest BCUT2D eigenvalue weighted by molar-refractivity contribution is 6.08. The van der Waals surface area contributed by atoms with Crippen LogP contribution in [0.3, 0.4) is 0 Å². The van der Waals surface area contributed by atoms with Crippen molar-refractivity contribution in [2.45, 2.75) is 31.3 Å². The fourth-order valence-corrected chi connectivity index (χ4v) is 5.16. The summed E-state index contributed by atoms with van der Waals surface area (Å²) in [5.41, 5.74) is 1.44. The van der Waals surface area contributed by atoms with E-state index in [0.29, 0.717) is 40.2 Å². The lowest BCUT2D eigenvalue weighted by molar-refractivity contribution is -0.148. The molecular weight excluding hydrogens is 528 g/mol. The van der Waals surface area contributed by atoms with Crippen molar-refractivity contribution in [1.82, 2.24) is 20.5 Å². The second-order valence-corrected chi connectivity index (χ2v) is 9.93. The fraction of sp³-hybridized carbons (Fsp3) is 0.233. The first-order valence-electron chi connectivity index (χ1n) is 13.2. The van der Waals surface area contributed by atoms with Crippen LogP contribution in [0.2, 0.25) is 0 Å². The zero-order chi connectivity index (χ0) is 29.1. The van der Waals surface area contributed by atoms with E-state index in [0.717, 1.165) is 0 Å². The first-order chi connectivity index (χ1) is 19.7. The number of para-hydroxylation sites is 2. The monoisotopic (exact) mass is 556 g/mol. The van der Waals surface area contributed by atoms with E-state index >= 15 is 0 Å². The number of phenols is 1. The van der Waals surface area contributed by atoms with Crippen molar-refractivity contribution in [1.29, 1.82) is 0 Å². The number of phenolic OH excluding ortho intramolecular Hbond substituents is 1. The van der Waals surface area contributed by atoms with Gasteiger partial charge in [-0.2, -0.15) is 0 Å². The Morgan fingerprint density at radius 3 is 2.46 bits per heavy atom. The molecule has 1 saturated heterocycles. The Labute approximate surface area is 233 Å². The lowest BCUT2D eigenvalue weighted by Crippen LogP contribution is -2.51. The van der Waals surface area contributed by atoms with Crippen molar-refractivity contribution in [3.63, 3.8) is 0 Å². The zero-order valence-electron chi connectivity index (χ0n) is 21.9. The van der Waals surface area contributed by atoms with Gasteiger partial charge in [-0.25, -0.2) is 4.79 Å². The van der Waals surface area contributed by atoms with Gasteiger partial charge in [0.05, 0.1) is 17.6 Å². The van der Waals surface area contributed by atoms with E-state index in [4.69, 9.17) is 0 Å². The number of H-pyrrole nitrogens is 1. The summed E-state index contributed by atoms with van der Waals surface area (Å²) < 4.78 is 0. The summed E-state index contributed by atoms with van der Waals surface area (Å²) in [5, 5.41) is 25.1. The van der Waals surface area contributed by atoms with Gasteiger partial charge >= 0.3 is 5.97 Å². The van der Waals surface area contributed by atoms with Crippen LogP contribution in [0.1, 0.15) is 28.8 Å². The molecular formula is C30H28N4O7. The molecule has 5 rings (SSSR count). The minimum Gasteiger partial charge on any atom is -0.508 e. The van der Waals surface area contributed by atoms with Gasteiger partial charge in [0, 0.05) is 29.3 Å². The molecule has 0 spiro atoms. The minimum absolute atomic E-state index is 0.0370. The van der Waals surface area contributed by atoms with Crippen LogP contribution in [-0.2, 0) is 20.8 Å². The molecule has 3 amide bonds. The molecule has 2 atom stereocenters. The van der Waals surface area contributed by atoms with Crippen LogP contribution in [0.15, 0.2) is 71.5 Å². The van der Waals surface area contributed by atoms with E-state index in [1.165, 1.54) is 17.0 Å². The molecule has 3 aromatic carbocycles. The maximum Gasteiger partial charge on any atom is 0.326 e. The van der Waals surface area contributed by atoms with Gasteiger partial charge < -0.3 is 30.7 Å². The molecule has 0 radical (unpaired) electrons. The molecule has 11 nitrogen and oxygen atoms in total. The van der Waals surface area contributed by atoms with E-state index in [1.54, 1.807) is 54.6 Å². The summed E-state index contributed by atoms with van der Waals surface area (Å²) in [5.74, 6) is -2.85. The maximum atomic E-state index is 13.5. The number of carbonyl (C=O) groups is 4. The van der Waals surface area contributed by atoms with Crippen molar-refractivity contribution in [3.8, 4) is 5.75 Å². The number of aromatic nitrogens is 1. The number of carbonyl (C=O) groups excluding carboxylic acids is 3. The van der Waals surface area contributed by atoms with Gasteiger partial charge in [0.1, 0.15) is 17.8 Å². The second kappa shape index (κ2) is 11.5. The average molecular weight is 557 g/mol. The molecule has 1 aliphatic heterocycles. The number of benzene rings is 3. The minimum atomic E-state index is -1.13. The van der Waals surface area contributed by atoms with Crippen molar-refractivity contribution < 1.29 is 29.4 Å². The number of nitrogens with zero attached hydrogens (tertiary/aromatic N) is 1. The molecule has 11 heteroatoms. The zero-order valence-corrected chi connectivity index (χ0v) is 21.9. The first-order valence-corrected chi connectivity index (χ1v) is 13.2. The highest BCUT2D eigenvalue weighted by Crippen LogP contribution is 2.20. The number of aromatic hydroxyl groups is 1. The molecule has 2 heterocycles. The predicted molar refractivity (Wildman–Crippen MR) is 151 cm³/mol. The van der Waals surface area contributed by atoms with Gasteiger partial charge in [0.2, 0.25) is 11.8 Å². The number of aromatic amines is 1. The van der Waals surface area contributed by atoms with E-state index < -0.39 is 42.3 Å². The van der Waals surface area contributed by atoms with Gasteiger partial charge in [-0.15, -0.1) is 0 Å². The molecule has 1 fully saturated rings. The topological polar surface area (TPSA) is 169 Å². The molecule has 5 N–H and O–H groups in total. The molecule has 0 aliphatic carbocycles. The molecule has 41 heavy (non-hydrogen) atoms. The van der Waals surface area contributed by atoms with Gasteiger partial charge in [-0.1, -0.05) is 30.3 Å². The largest absolute Gasteiger partial charge is 0.508 e. The Hall–Kier alpha value is -5.19. The predicted octanol–water partition coefficient (Wildman–Crippen LogP) is 1.92. The summed E-state index contributed by atoms with van der Waals surface area (Å²) in [4.78, 5) is 68.5. The number of aliphatic carboxylic acids is 1. The van der Waals surface area contributed by atoms with E-state index in [2.05, 4.69) is 15.6 Å². The molecule has 4 aromatic rings. The highest BCUT2D eigenvalue weighted by Gasteiger charge is 2.34. The maximum absolute atomic E-state index is 13.5. The van der Waals surface area contributed by atoms with Crippen LogP contribution >= 0.6 is 0 Å². The van der Waals surface area contributed by atoms with Crippen molar-refractivity contribution in [3.05, 3.63) is 88.1 Å². The van der Waals surface area contributed by atoms with Gasteiger partial charge in [0.25, 0.3) is 5.91 Å². The third-order valence-electron chi connectivity index (χ3n) is 7.26. The van der Waals surface area contributed by atoms with Crippen molar-refractivity contribution in [2.75, 3.05) is 13.1 Å². The number of pyridine rings is 1. The van der Waals surface area contributed by atoms with E-state index in [1.807, 2.05) is 0 Å². The number of hydrogen-bond donors (Lipinski definition) is 5. The number of likely N-dealkylation sites (tertiary alicyclic amines) is 1. The Kier molecular flexibility index (Phi) is 7.68. The van der Waals surface area contributed by atoms with Gasteiger partial charge in [0.15, 0.2) is 5.43 Å². The normalized spacial score (nSPS) is 15.5. The molecule has 0 bridgehead atoms. The molecule has 1 aliphatic rings. The number of amides is 3. The number of nitrogens with one attached hydrogen (secondary N) is 3. The first kappa shape index (κ1) is 27.4. The smallest absolute Gasteiger partial charge is 0.326 e. The average Bonchev–Trinajstić information content (AvgIpc) is 3.47. The summed E-state index contributed by atoms with van der Waals surface area (Å²) in [7, 11) is 0. The summed E-state index contributed by atoms with van der Waals surface area (Å²) >= 11 is 0. The van der Waals surface area contributed by atoms with E-state index in [9.17, 15) is 34.2 Å². The Balaban J connectivity index is 1.40. The van der Waals surface area contributed by atoms with Crippen LogP contribution in [0, 0.1) is 0 Å².